The molecule has 1 fully saturated rings. The van der Waals surface area contributed by atoms with Gasteiger partial charge >= 0.3 is 6.09 Å². The minimum Gasteiger partial charge on any atom is -0.444 e. The summed E-state index contributed by atoms with van der Waals surface area (Å²) >= 11 is 0. The maximum Gasteiger partial charge on any atom is 0.410 e. The molecule has 2 aromatic rings. The van der Waals surface area contributed by atoms with Crippen LogP contribution in [0, 0.1) is 0 Å². The monoisotopic (exact) mass is 458 g/mol. The topological polar surface area (TPSA) is 75.7 Å². The lowest BCUT2D eigenvalue weighted by Crippen LogP contribution is -2.54. The van der Waals surface area contributed by atoms with E-state index >= 15 is 0 Å². The van der Waals surface area contributed by atoms with Crippen LogP contribution in [0.5, 0.6) is 0 Å². The van der Waals surface area contributed by atoms with E-state index < -0.39 is 33.0 Å². The van der Waals surface area contributed by atoms with Crippen LogP contribution in [0.2, 0.25) is 0 Å². The molecule has 32 heavy (non-hydrogen) atoms. The van der Waals surface area contributed by atoms with Crippen molar-refractivity contribution in [1.29, 1.82) is 0 Å². The maximum absolute atomic E-state index is 12.7. The van der Waals surface area contributed by atoms with Gasteiger partial charge in [0.2, 0.25) is 10.0 Å². The summed E-state index contributed by atoms with van der Waals surface area (Å²) in [5.74, 6) is -0.0352. The molecule has 0 spiro atoms. The Labute approximate surface area is 192 Å². The van der Waals surface area contributed by atoms with E-state index in [1.165, 1.54) is 0 Å². The molecule has 1 saturated heterocycles. The number of benzene rings is 2. The van der Waals surface area contributed by atoms with Gasteiger partial charge < -0.3 is 9.64 Å². The number of amides is 1. The van der Waals surface area contributed by atoms with Crippen LogP contribution in [-0.2, 0) is 14.8 Å². The van der Waals surface area contributed by atoms with Crippen molar-refractivity contribution in [3.63, 3.8) is 0 Å². The molecule has 3 rings (SSSR count). The van der Waals surface area contributed by atoms with Gasteiger partial charge in [0, 0.05) is 25.0 Å². The molecule has 7 heteroatoms. The average Bonchev–Trinajstić information content (AvgIpc) is 2.73. The normalized spacial score (nSPS) is 19.8. The fourth-order valence-electron chi connectivity index (χ4n) is 3.86. The van der Waals surface area contributed by atoms with Gasteiger partial charge in [-0.2, -0.15) is 0 Å². The predicted molar refractivity (Wildman–Crippen MR) is 128 cm³/mol. The highest BCUT2D eigenvalue weighted by molar-refractivity contribution is 7.90. The lowest BCUT2D eigenvalue weighted by atomic mass is 9.85. The number of rotatable bonds is 5. The van der Waals surface area contributed by atoms with Crippen molar-refractivity contribution in [3.8, 4) is 11.1 Å². The summed E-state index contributed by atoms with van der Waals surface area (Å²) < 4.78 is 33.7. The number of piperidine rings is 1. The molecule has 1 N–H and O–H groups in total. The first-order valence-electron chi connectivity index (χ1n) is 11.1. The van der Waals surface area contributed by atoms with Crippen molar-refractivity contribution in [1.82, 2.24) is 9.62 Å². The van der Waals surface area contributed by atoms with E-state index in [1.807, 2.05) is 39.0 Å². The number of nitrogens with one attached hydrogen (secondary N) is 1. The van der Waals surface area contributed by atoms with Gasteiger partial charge in [0.15, 0.2) is 0 Å². The van der Waals surface area contributed by atoms with Crippen molar-refractivity contribution in [2.45, 2.75) is 63.9 Å². The quantitative estimate of drug-likeness (QED) is 0.700. The van der Waals surface area contributed by atoms with E-state index in [0.717, 1.165) is 16.7 Å². The van der Waals surface area contributed by atoms with Crippen LogP contribution in [0.3, 0.4) is 0 Å². The summed E-state index contributed by atoms with van der Waals surface area (Å²) in [7, 11) is -3.50. The largest absolute Gasteiger partial charge is 0.444 e. The number of nitrogens with zero attached hydrogens (tertiary/aromatic N) is 1. The highest BCUT2D eigenvalue weighted by Crippen LogP contribution is 2.31. The molecule has 0 aromatic heterocycles. The van der Waals surface area contributed by atoms with Crippen LogP contribution in [0.1, 0.15) is 52.5 Å². The van der Waals surface area contributed by atoms with Crippen LogP contribution in [-0.4, -0.2) is 49.4 Å². The fourth-order valence-corrected chi connectivity index (χ4v) is 4.80. The SMILES string of the molecule is CC(C)S(=O)(=O)NC1CN(C(=O)OC(C)(C)C)CCC1c1ccc(-c2ccccc2)cc1. The fraction of sp³-hybridized carbons (Fsp3) is 0.480. The lowest BCUT2D eigenvalue weighted by molar-refractivity contribution is 0.0180. The van der Waals surface area contributed by atoms with E-state index in [0.29, 0.717) is 13.0 Å². The van der Waals surface area contributed by atoms with Gasteiger partial charge in [0.1, 0.15) is 5.60 Å². The molecular formula is C25H34N2O4S. The minimum atomic E-state index is -3.50. The van der Waals surface area contributed by atoms with E-state index in [2.05, 4.69) is 41.1 Å². The van der Waals surface area contributed by atoms with E-state index in [1.54, 1.807) is 18.7 Å². The molecule has 0 radical (unpaired) electrons. The van der Waals surface area contributed by atoms with Gasteiger partial charge in [-0.05, 0) is 57.7 Å². The molecule has 1 amide bonds. The van der Waals surface area contributed by atoms with Crippen molar-refractivity contribution in [2.75, 3.05) is 13.1 Å². The second-order valence-corrected chi connectivity index (χ2v) is 11.9. The first-order chi connectivity index (χ1) is 15.0. The minimum absolute atomic E-state index is 0.0352. The average molecular weight is 459 g/mol. The molecule has 6 nitrogen and oxygen atoms in total. The zero-order valence-electron chi connectivity index (χ0n) is 19.5. The maximum atomic E-state index is 12.7. The molecular weight excluding hydrogens is 424 g/mol. The van der Waals surface area contributed by atoms with Crippen LogP contribution in [0.25, 0.3) is 11.1 Å². The van der Waals surface area contributed by atoms with Crippen molar-refractivity contribution >= 4 is 16.1 Å². The Balaban J connectivity index is 1.84. The smallest absolute Gasteiger partial charge is 0.410 e. The van der Waals surface area contributed by atoms with Crippen molar-refractivity contribution < 1.29 is 17.9 Å². The predicted octanol–water partition coefficient (Wildman–Crippen LogP) is 4.77. The number of carbonyl (C=O) groups excluding carboxylic acids is 1. The molecule has 1 heterocycles. The molecule has 174 valence electrons. The summed E-state index contributed by atoms with van der Waals surface area (Å²) in [6, 6.07) is 18.0. The van der Waals surface area contributed by atoms with E-state index in [4.69, 9.17) is 4.74 Å². The number of hydrogen-bond acceptors (Lipinski definition) is 4. The summed E-state index contributed by atoms with van der Waals surface area (Å²) in [5, 5.41) is -0.555. The number of hydrogen-bond donors (Lipinski definition) is 1. The molecule has 2 unspecified atom stereocenters. The highest BCUT2D eigenvalue weighted by atomic mass is 32.2. The molecule has 0 aliphatic carbocycles. The Morgan fingerprint density at radius 2 is 1.62 bits per heavy atom. The Morgan fingerprint density at radius 1 is 1.03 bits per heavy atom. The second kappa shape index (κ2) is 9.63. The number of likely N-dealkylation sites (tertiary alicyclic amines) is 1. The Kier molecular flexibility index (Phi) is 7.30. The van der Waals surface area contributed by atoms with Gasteiger partial charge in [-0.3, -0.25) is 0 Å². The van der Waals surface area contributed by atoms with E-state index in [9.17, 15) is 13.2 Å². The molecule has 2 aromatic carbocycles. The number of sulfonamides is 1. The third-order valence-corrected chi connectivity index (χ3v) is 7.52. The van der Waals surface area contributed by atoms with Gasteiger partial charge in [-0.25, -0.2) is 17.9 Å². The highest BCUT2D eigenvalue weighted by Gasteiger charge is 2.37. The Morgan fingerprint density at radius 3 is 2.19 bits per heavy atom. The third kappa shape index (κ3) is 6.11. The molecule has 1 aliphatic rings. The van der Waals surface area contributed by atoms with Crippen molar-refractivity contribution in [3.05, 3.63) is 60.2 Å². The third-order valence-electron chi connectivity index (χ3n) is 5.65. The molecule has 1 aliphatic heterocycles. The van der Waals surface area contributed by atoms with Crippen LogP contribution in [0.4, 0.5) is 4.79 Å². The summed E-state index contributed by atoms with van der Waals surface area (Å²) in [6.45, 7) is 9.56. The van der Waals surface area contributed by atoms with Gasteiger partial charge in [0.05, 0.1) is 5.25 Å². The van der Waals surface area contributed by atoms with Crippen LogP contribution >= 0.6 is 0 Å². The zero-order chi connectivity index (χ0) is 23.5. The van der Waals surface area contributed by atoms with Gasteiger partial charge in [0.25, 0.3) is 0 Å². The summed E-state index contributed by atoms with van der Waals surface area (Å²) in [6.07, 6.45) is 0.235. The molecule has 0 bridgehead atoms. The van der Waals surface area contributed by atoms with Gasteiger partial charge in [-0.1, -0.05) is 54.6 Å². The zero-order valence-corrected chi connectivity index (χ0v) is 20.4. The lowest BCUT2D eigenvalue weighted by Gasteiger charge is -2.39. The second-order valence-electron chi connectivity index (χ2n) is 9.63. The Bertz CT molecular complexity index is 1010. The van der Waals surface area contributed by atoms with Crippen LogP contribution in [0.15, 0.2) is 54.6 Å². The molecule has 2 atom stereocenters. The van der Waals surface area contributed by atoms with E-state index in [-0.39, 0.29) is 12.5 Å². The first kappa shape index (κ1) is 24.3. The summed E-state index contributed by atoms with van der Waals surface area (Å²) in [5.41, 5.74) is 2.70. The van der Waals surface area contributed by atoms with Crippen molar-refractivity contribution in [2.24, 2.45) is 0 Å². The molecule has 0 saturated carbocycles. The number of carbonyl (C=O) groups is 1. The van der Waals surface area contributed by atoms with Gasteiger partial charge in [-0.15, -0.1) is 0 Å². The Hall–Kier alpha value is -2.38. The standard InChI is InChI=1S/C25H34N2O4S/c1-18(2)32(29,30)26-23-17-27(24(28)31-25(3,4)5)16-15-22(23)21-13-11-20(12-14-21)19-9-7-6-8-10-19/h6-14,18,22-23,26H,15-17H2,1-5H3. The summed E-state index contributed by atoms with van der Waals surface area (Å²) in [4.78, 5) is 14.2. The number of ether oxygens (including phenoxy) is 1. The first-order valence-corrected chi connectivity index (χ1v) is 12.7. The van der Waals surface area contributed by atoms with Crippen LogP contribution < -0.4 is 4.72 Å².